The van der Waals surface area contributed by atoms with Gasteiger partial charge in [0.15, 0.2) is 0 Å². The fourth-order valence-corrected chi connectivity index (χ4v) is 4.09. The lowest BCUT2D eigenvalue weighted by molar-refractivity contribution is -0.150. The molecule has 2 rings (SSSR count). The van der Waals surface area contributed by atoms with Crippen LogP contribution in [0.15, 0.2) is 11.3 Å². The number of carbonyl (C=O) groups is 5. The maximum Gasteiger partial charge on any atom is 0.404 e. The summed E-state index contributed by atoms with van der Waals surface area (Å²) in [6, 6.07) is -0.852. The van der Waals surface area contributed by atoms with Crippen molar-refractivity contribution in [1.29, 1.82) is 0 Å². The molecular weight excluding hydrogens is 382 g/mol. The number of nitrogens with one attached hydrogen (secondary N) is 1. The lowest BCUT2D eigenvalue weighted by Gasteiger charge is -2.49. The van der Waals surface area contributed by atoms with Crippen LogP contribution in [-0.4, -0.2) is 68.7 Å². The minimum atomic E-state index is -1.34. The molecule has 0 aromatic rings. The highest BCUT2D eigenvalue weighted by molar-refractivity contribution is 8.00. The van der Waals surface area contributed by atoms with E-state index in [0.29, 0.717) is 12.8 Å². The van der Waals surface area contributed by atoms with Gasteiger partial charge in [-0.25, -0.2) is 9.59 Å². The van der Waals surface area contributed by atoms with Gasteiger partial charge in [-0.15, -0.1) is 11.8 Å². The van der Waals surface area contributed by atoms with Gasteiger partial charge in [0.1, 0.15) is 23.7 Å². The molecule has 0 bridgehead atoms. The molecule has 0 radical (unpaired) electrons. The van der Waals surface area contributed by atoms with Gasteiger partial charge in [-0.1, -0.05) is 0 Å². The normalized spacial score (nSPS) is 21.2. The van der Waals surface area contributed by atoms with Crippen molar-refractivity contribution >= 4 is 41.6 Å². The lowest BCUT2D eigenvalue weighted by atomic mass is 10.0. The number of aliphatic carboxylic acids is 2. The van der Waals surface area contributed by atoms with Crippen molar-refractivity contribution in [2.45, 2.75) is 37.1 Å². The monoisotopic (exact) mass is 401 g/mol. The van der Waals surface area contributed by atoms with E-state index >= 15 is 0 Å². The Kier molecular flexibility index (Phi) is 6.66. The largest absolute Gasteiger partial charge is 0.481 e. The predicted molar refractivity (Wildman–Crippen MR) is 91.3 cm³/mol. The van der Waals surface area contributed by atoms with Gasteiger partial charge < -0.3 is 26.0 Å². The molecule has 0 saturated carbocycles. The Morgan fingerprint density at radius 3 is 2.48 bits per heavy atom. The SMILES string of the molecule is NC(=O)OCC1=C(C(=O)O)N2C(=O)[C@@H](NC(=O)CCCCC(=O)O)[C@H]2SC1. The smallest absolute Gasteiger partial charge is 0.404 e. The van der Waals surface area contributed by atoms with Gasteiger partial charge in [-0.2, -0.15) is 0 Å². The van der Waals surface area contributed by atoms with Crippen LogP contribution < -0.4 is 11.1 Å². The van der Waals surface area contributed by atoms with Crippen molar-refractivity contribution in [3.63, 3.8) is 0 Å². The maximum absolute atomic E-state index is 12.3. The number of hydrogen-bond acceptors (Lipinski definition) is 7. The van der Waals surface area contributed by atoms with Crippen LogP contribution in [0.2, 0.25) is 0 Å². The molecule has 5 N–H and O–H groups in total. The average Bonchev–Trinajstić information content (AvgIpc) is 2.60. The summed E-state index contributed by atoms with van der Waals surface area (Å²) < 4.78 is 4.62. The highest BCUT2D eigenvalue weighted by Gasteiger charge is 2.54. The van der Waals surface area contributed by atoms with Crippen molar-refractivity contribution in [1.82, 2.24) is 10.2 Å². The molecule has 0 unspecified atom stereocenters. The molecule has 0 aliphatic carbocycles. The number of carboxylic acids is 2. The Balaban J connectivity index is 1.96. The number of hydrogen-bond donors (Lipinski definition) is 4. The van der Waals surface area contributed by atoms with Gasteiger partial charge in [-0.3, -0.25) is 19.3 Å². The number of ether oxygens (including phenoxy) is 1. The minimum Gasteiger partial charge on any atom is -0.481 e. The molecular formula is C15H19N3O8S. The van der Waals surface area contributed by atoms with Crippen LogP contribution in [0, 0.1) is 0 Å². The second-order valence-corrected chi connectivity index (χ2v) is 7.03. The predicted octanol–water partition coefficient (Wildman–Crippen LogP) is -0.535. The number of β-lactam (4-membered cyclic amide) rings is 1. The zero-order valence-electron chi connectivity index (χ0n) is 14.2. The van der Waals surface area contributed by atoms with E-state index in [0.717, 1.165) is 4.90 Å². The summed E-state index contributed by atoms with van der Waals surface area (Å²) in [6.07, 6.45) is -0.295. The fourth-order valence-electron chi connectivity index (χ4n) is 2.76. The Morgan fingerprint density at radius 2 is 1.89 bits per heavy atom. The molecule has 27 heavy (non-hydrogen) atoms. The summed E-state index contributed by atoms with van der Waals surface area (Å²) >= 11 is 1.24. The summed E-state index contributed by atoms with van der Waals surface area (Å²) in [5.74, 6) is -3.05. The fraction of sp³-hybridized carbons (Fsp3) is 0.533. The van der Waals surface area contributed by atoms with Gasteiger partial charge in [0, 0.05) is 24.2 Å². The first-order chi connectivity index (χ1) is 12.7. The third-order valence-corrected chi connectivity index (χ3v) is 5.34. The van der Waals surface area contributed by atoms with Crippen LogP contribution >= 0.6 is 11.8 Å². The van der Waals surface area contributed by atoms with Crippen LogP contribution in [0.25, 0.3) is 0 Å². The van der Waals surface area contributed by atoms with E-state index in [1.807, 2.05) is 0 Å². The summed E-state index contributed by atoms with van der Waals surface area (Å²) in [6.45, 7) is -0.332. The molecule has 2 heterocycles. The topological polar surface area (TPSA) is 176 Å². The summed E-state index contributed by atoms with van der Waals surface area (Å²) in [5, 5.41) is 19.9. The number of carbonyl (C=O) groups excluding carboxylic acids is 3. The quantitative estimate of drug-likeness (QED) is 0.292. The first kappa shape index (κ1) is 20.6. The van der Waals surface area contributed by atoms with Crippen LogP contribution in [0.3, 0.4) is 0 Å². The van der Waals surface area contributed by atoms with E-state index in [4.69, 9.17) is 10.8 Å². The van der Waals surface area contributed by atoms with E-state index in [9.17, 15) is 29.1 Å². The lowest BCUT2D eigenvalue weighted by Crippen LogP contribution is -2.70. The zero-order valence-corrected chi connectivity index (χ0v) is 15.0. The zero-order chi connectivity index (χ0) is 20.1. The van der Waals surface area contributed by atoms with Crippen molar-refractivity contribution in [3.05, 3.63) is 11.3 Å². The van der Waals surface area contributed by atoms with Gasteiger partial charge >= 0.3 is 18.0 Å². The second-order valence-electron chi connectivity index (χ2n) is 5.92. The van der Waals surface area contributed by atoms with Crippen LogP contribution in [0.5, 0.6) is 0 Å². The molecule has 12 heteroatoms. The average molecular weight is 401 g/mol. The number of nitrogens with zero attached hydrogens (tertiary/aromatic N) is 1. The Hall–Kier alpha value is -2.76. The highest BCUT2D eigenvalue weighted by Crippen LogP contribution is 2.40. The molecule has 0 aromatic carbocycles. The van der Waals surface area contributed by atoms with E-state index in [1.54, 1.807) is 0 Å². The first-order valence-corrected chi connectivity index (χ1v) is 9.10. The van der Waals surface area contributed by atoms with Gasteiger partial charge in [0.25, 0.3) is 5.91 Å². The summed E-state index contributed by atoms with van der Waals surface area (Å²) in [7, 11) is 0. The molecule has 11 nitrogen and oxygen atoms in total. The molecule has 2 atom stereocenters. The van der Waals surface area contributed by atoms with Crippen molar-refractivity contribution in [3.8, 4) is 0 Å². The molecule has 2 aliphatic heterocycles. The van der Waals surface area contributed by atoms with Crippen molar-refractivity contribution in [2.24, 2.45) is 5.73 Å². The summed E-state index contributed by atoms with van der Waals surface area (Å²) in [5.41, 5.74) is 4.86. The number of nitrogens with two attached hydrogens (primary N) is 1. The third kappa shape index (κ3) is 4.90. The minimum absolute atomic E-state index is 0.0369. The van der Waals surface area contributed by atoms with Gasteiger partial charge in [0.2, 0.25) is 5.91 Å². The Morgan fingerprint density at radius 1 is 1.22 bits per heavy atom. The number of primary amides is 1. The van der Waals surface area contributed by atoms with E-state index in [2.05, 4.69) is 10.1 Å². The number of carboxylic acid groups (broad SMARTS) is 2. The van der Waals surface area contributed by atoms with Crippen molar-refractivity contribution < 1.29 is 38.9 Å². The van der Waals surface area contributed by atoms with E-state index < -0.39 is 41.3 Å². The van der Waals surface area contributed by atoms with Gasteiger partial charge in [-0.05, 0) is 12.8 Å². The number of amides is 3. The molecule has 2 aliphatic rings. The molecule has 0 spiro atoms. The Labute approximate surface area is 157 Å². The number of fused-ring (bicyclic) bond motifs is 1. The number of rotatable bonds is 9. The molecule has 3 amide bonds. The van der Waals surface area contributed by atoms with Crippen molar-refractivity contribution in [2.75, 3.05) is 12.4 Å². The first-order valence-electron chi connectivity index (χ1n) is 8.05. The molecule has 1 saturated heterocycles. The molecule has 1 fully saturated rings. The summed E-state index contributed by atoms with van der Waals surface area (Å²) in [4.78, 5) is 58.0. The number of unbranched alkanes of at least 4 members (excludes halogenated alkanes) is 1. The molecule has 148 valence electrons. The number of thioether (sulfide) groups is 1. The van der Waals surface area contributed by atoms with Crippen LogP contribution in [-0.2, 0) is 23.9 Å². The highest BCUT2D eigenvalue weighted by atomic mass is 32.2. The Bertz CT molecular complexity index is 707. The van der Waals surface area contributed by atoms with Gasteiger partial charge in [0.05, 0.1) is 0 Å². The maximum atomic E-state index is 12.3. The second kappa shape index (κ2) is 8.75. The van der Waals surface area contributed by atoms with Crippen LogP contribution in [0.1, 0.15) is 25.7 Å². The van der Waals surface area contributed by atoms with E-state index in [1.165, 1.54) is 11.8 Å². The standard InChI is InChI=1S/C15H19N3O8S/c16-15(25)26-5-7-6-27-13-10(12(22)18(13)11(7)14(23)24)17-8(19)3-1-2-4-9(20)21/h10,13H,1-6H2,(H2,16,25)(H,17,19)(H,20,21)(H,23,24)/t10-,13-/m1/s1. The van der Waals surface area contributed by atoms with Crippen LogP contribution in [0.4, 0.5) is 4.79 Å². The molecule has 0 aromatic heterocycles. The third-order valence-electron chi connectivity index (χ3n) is 4.00. The van der Waals surface area contributed by atoms with E-state index in [-0.39, 0.29) is 36.5 Å².